The zero-order valence-corrected chi connectivity index (χ0v) is 9.48. The van der Waals surface area contributed by atoms with Crippen molar-refractivity contribution in [3.8, 4) is 0 Å². The lowest BCUT2D eigenvalue weighted by molar-refractivity contribution is 0.147. The molecule has 2 heterocycles. The Kier molecular flexibility index (Phi) is 2.50. The summed E-state index contributed by atoms with van der Waals surface area (Å²) < 4.78 is 5.24. The molecule has 0 fully saturated rings. The van der Waals surface area contributed by atoms with Crippen LogP contribution in [-0.4, -0.2) is 10.4 Å². The van der Waals surface area contributed by atoms with E-state index in [-0.39, 0.29) is 5.25 Å². The van der Waals surface area contributed by atoms with Gasteiger partial charge in [-0.25, -0.2) is 0 Å². The maximum atomic E-state index is 10.2. The van der Waals surface area contributed by atoms with Crippen molar-refractivity contribution in [3.63, 3.8) is 0 Å². The van der Waals surface area contributed by atoms with Crippen LogP contribution in [0.3, 0.4) is 0 Å². The summed E-state index contributed by atoms with van der Waals surface area (Å²) >= 11 is 1.73. The molecule has 2 atom stereocenters. The van der Waals surface area contributed by atoms with Gasteiger partial charge in [-0.2, -0.15) is 0 Å². The molecular weight excluding hydrogens is 220 g/mol. The molecular formula is C13H12O2S. The number of aliphatic hydroxyl groups is 1. The second-order valence-electron chi connectivity index (χ2n) is 3.93. The summed E-state index contributed by atoms with van der Waals surface area (Å²) in [5, 5.41) is 10.3. The van der Waals surface area contributed by atoms with Crippen molar-refractivity contribution < 1.29 is 9.52 Å². The van der Waals surface area contributed by atoms with Crippen LogP contribution in [0.5, 0.6) is 0 Å². The molecule has 1 N–H and O–H groups in total. The average Bonchev–Trinajstić information content (AvgIpc) is 2.97. The zero-order chi connectivity index (χ0) is 11.0. The lowest BCUT2D eigenvalue weighted by Crippen LogP contribution is -2.13. The van der Waals surface area contributed by atoms with E-state index >= 15 is 0 Å². The van der Waals surface area contributed by atoms with Crippen LogP contribution in [0.4, 0.5) is 0 Å². The maximum absolute atomic E-state index is 10.2. The van der Waals surface area contributed by atoms with Crippen LogP contribution >= 0.6 is 11.8 Å². The van der Waals surface area contributed by atoms with Crippen LogP contribution in [0.15, 0.2) is 52.0 Å². The maximum Gasteiger partial charge on any atom is 0.133 e. The van der Waals surface area contributed by atoms with Crippen molar-refractivity contribution in [1.29, 1.82) is 0 Å². The second-order valence-corrected chi connectivity index (χ2v) is 5.21. The Morgan fingerprint density at radius 2 is 2.12 bits per heavy atom. The van der Waals surface area contributed by atoms with Crippen LogP contribution in [-0.2, 0) is 6.42 Å². The third-order valence-electron chi connectivity index (χ3n) is 2.86. The van der Waals surface area contributed by atoms with Gasteiger partial charge in [0.15, 0.2) is 0 Å². The Bertz CT molecular complexity index is 453. The lowest BCUT2D eigenvalue weighted by Gasteiger charge is -2.14. The molecule has 0 radical (unpaired) electrons. The van der Waals surface area contributed by atoms with E-state index in [2.05, 4.69) is 12.1 Å². The Hall–Kier alpha value is -1.19. The predicted molar refractivity (Wildman–Crippen MR) is 63.5 cm³/mol. The normalized spacial score (nSPS) is 20.7. The Morgan fingerprint density at radius 3 is 2.88 bits per heavy atom. The quantitative estimate of drug-likeness (QED) is 0.864. The summed E-state index contributed by atoms with van der Waals surface area (Å²) in [5.41, 5.74) is 1.32. The largest absolute Gasteiger partial charge is 0.467 e. The minimum absolute atomic E-state index is 0.170. The standard InChI is InChI=1S/C13H12O2S/c14-13(10-5-3-7-15-10)12-8-9-4-1-2-6-11(9)16-12/h1-7,12-14H,8H2. The van der Waals surface area contributed by atoms with Crippen LogP contribution in [0.1, 0.15) is 17.4 Å². The van der Waals surface area contributed by atoms with Gasteiger partial charge in [-0.15, -0.1) is 11.8 Å². The van der Waals surface area contributed by atoms with Crippen LogP contribution in [0.2, 0.25) is 0 Å². The number of benzene rings is 1. The van der Waals surface area contributed by atoms with Gasteiger partial charge < -0.3 is 9.52 Å². The smallest absolute Gasteiger partial charge is 0.133 e. The molecule has 0 saturated heterocycles. The number of hydrogen-bond acceptors (Lipinski definition) is 3. The van der Waals surface area contributed by atoms with E-state index in [1.54, 1.807) is 18.0 Å². The first-order valence-electron chi connectivity index (χ1n) is 5.30. The van der Waals surface area contributed by atoms with Gasteiger partial charge in [0.2, 0.25) is 0 Å². The Morgan fingerprint density at radius 1 is 1.25 bits per heavy atom. The van der Waals surface area contributed by atoms with Crippen molar-refractivity contribution in [3.05, 3.63) is 54.0 Å². The van der Waals surface area contributed by atoms with Crippen LogP contribution in [0.25, 0.3) is 0 Å². The third kappa shape index (κ3) is 1.66. The van der Waals surface area contributed by atoms with Crippen molar-refractivity contribution in [2.45, 2.75) is 22.7 Å². The van der Waals surface area contributed by atoms with Gasteiger partial charge in [-0.3, -0.25) is 0 Å². The number of thioether (sulfide) groups is 1. The minimum Gasteiger partial charge on any atom is -0.467 e. The zero-order valence-electron chi connectivity index (χ0n) is 8.67. The van der Waals surface area contributed by atoms with E-state index in [0.717, 1.165) is 6.42 Å². The Balaban J connectivity index is 1.81. The van der Waals surface area contributed by atoms with Gasteiger partial charge in [0.25, 0.3) is 0 Å². The van der Waals surface area contributed by atoms with E-state index in [0.29, 0.717) is 5.76 Å². The molecule has 3 heteroatoms. The number of hydrogen-bond donors (Lipinski definition) is 1. The fourth-order valence-electron chi connectivity index (χ4n) is 2.03. The number of furan rings is 1. The molecule has 0 amide bonds. The van der Waals surface area contributed by atoms with Gasteiger partial charge >= 0.3 is 0 Å². The lowest BCUT2D eigenvalue weighted by atomic mass is 10.1. The van der Waals surface area contributed by atoms with E-state index < -0.39 is 6.10 Å². The number of aliphatic hydroxyl groups excluding tert-OH is 1. The average molecular weight is 232 g/mol. The van der Waals surface area contributed by atoms with E-state index in [4.69, 9.17) is 4.42 Å². The number of fused-ring (bicyclic) bond motifs is 1. The van der Waals surface area contributed by atoms with E-state index in [9.17, 15) is 5.11 Å². The van der Waals surface area contributed by atoms with Gasteiger partial charge in [-0.1, -0.05) is 18.2 Å². The summed E-state index contributed by atoms with van der Waals surface area (Å²) in [6.45, 7) is 0. The summed E-state index contributed by atoms with van der Waals surface area (Å²) in [6, 6.07) is 11.9. The highest BCUT2D eigenvalue weighted by Crippen LogP contribution is 2.42. The van der Waals surface area contributed by atoms with Gasteiger partial charge in [0.05, 0.1) is 6.26 Å². The monoisotopic (exact) mass is 232 g/mol. The van der Waals surface area contributed by atoms with Crippen LogP contribution < -0.4 is 0 Å². The van der Waals surface area contributed by atoms with Gasteiger partial charge in [0, 0.05) is 10.1 Å². The highest BCUT2D eigenvalue weighted by molar-refractivity contribution is 8.00. The summed E-state index contributed by atoms with van der Waals surface area (Å²) in [5.74, 6) is 0.658. The molecule has 0 bridgehead atoms. The molecule has 3 rings (SSSR count). The molecule has 82 valence electrons. The molecule has 2 nitrogen and oxygen atoms in total. The second kappa shape index (κ2) is 4.00. The van der Waals surface area contributed by atoms with Gasteiger partial charge in [0.1, 0.15) is 11.9 Å². The Labute approximate surface area is 98.3 Å². The van der Waals surface area contributed by atoms with E-state index in [1.165, 1.54) is 10.5 Å². The molecule has 2 aromatic rings. The fourth-order valence-corrected chi connectivity index (χ4v) is 3.34. The van der Waals surface area contributed by atoms with E-state index in [1.807, 2.05) is 24.3 Å². The van der Waals surface area contributed by atoms with Crippen molar-refractivity contribution in [2.24, 2.45) is 0 Å². The molecule has 16 heavy (non-hydrogen) atoms. The molecule has 2 unspecified atom stereocenters. The predicted octanol–water partition coefficient (Wildman–Crippen LogP) is 3.03. The van der Waals surface area contributed by atoms with Crippen molar-refractivity contribution in [1.82, 2.24) is 0 Å². The fraction of sp³-hybridized carbons (Fsp3) is 0.231. The topological polar surface area (TPSA) is 33.4 Å². The molecule has 0 spiro atoms. The molecule has 1 aromatic carbocycles. The van der Waals surface area contributed by atoms with Crippen LogP contribution in [0, 0.1) is 0 Å². The van der Waals surface area contributed by atoms with Gasteiger partial charge in [-0.05, 0) is 30.2 Å². The van der Waals surface area contributed by atoms with Crippen molar-refractivity contribution >= 4 is 11.8 Å². The summed E-state index contributed by atoms with van der Waals surface area (Å²) in [4.78, 5) is 1.28. The number of rotatable bonds is 2. The molecule has 1 aliphatic rings. The summed E-state index contributed by atoms with van der Waals surface area (Å²) in [6.07, 6.45) is 1.99. The first-order valence-corrected chi connectivity index (χ1v) is 6.18. The van der Waals surface area contributed by atoms with Crippen molar-refractivity contribution in [2.75, 3.05) is 0 Å². The highest BCUT2D eigenvalue weighted by atomic mass is 32.2. The SMILES string of the molecule is OC(c1ccco1)C1Cc2ccccc2S1. The first-order chi connectivity index (χ1) is 7.84. The first kappa shape index (κ1) is 10.00. The molecule has 1 aliphatic heterocycles. The summed E-state index contributed by atoms with van der Waals surface area (Å²) in [7, 11) is 0. The molecule has 0 aliphatic carbocycles. The molecule has 1 aromatic heterocycles. The molecule has 0 saturated carbocycles. The third-order valence-corrected chi connectivity index (χ3v) is 4.24. The minimum atomic E-state index is -0.521. The highest BCUT2D eigenvalue weighted by Gasteiger charge is 2.30.